The van der Waals surface area contributed by atoms with Gasteiger partial charge in [-0.2, -0.15) is 15.2 Å². The van der Waals surface area contributed by atoms with Gasteiger partial charge in [0.05, 0.1) is 46.1 Å². The molecule has 2 aromatic heterocycles. The first-order chi connectivity index (χ1) is 22.2. The van der Waals surface area contributed by atoms with E-state index in [-0.39, 0.29) is 51.5 Å². The normalized spacial score (nSPS) is 29.3. The van der Waals surface area contributed by atoms with Gasteiger partial charge in [0.2, 0.25) is 0 Å². The van der Waals surface area contributed by atoms with Crippen LogP contribution in [0.25, 0.3) is 16.5 Å². The second-order valence-corrected chi connectivity index (χ2v) is 14.5. The molecule has 5 atom stereocenters. The van der Waals surface area contributed by atoms with Crippen molar-refractivity contribution >= 4 is 34.1 Å². The number of hydrogen-bond acceptors (Lipinski definition) is 11. The zero-order valence-electron chi connectivity index (χ0n) is 26.4. The largest absolute Gasteiger partial charge is 0.463 e. The molecule has 1 saturated carbocycles. The van der Waals surface area contributed by atoms with Crippen molar-refractivity contribution in [2.45, 2.75) is 63.5 Å². The fraction of sp³-hybridized carbons (Fsp3) is 0.576. The fourth-order valence-electron chi connectivity index (χ4n) is 7.28. The summed E-state index contributed by atoms with van der Waals surface area (Å²) in [6, 6.07) is 2.50. The van der Waals surface area contributed by atoms with Gasteiger partial charge in [0.1, 0.15) is 22.9 Å². The van der Waals surface area contributed by atoms with E-state index in [0.29, 0.717) is 36.5 Å². The molecular weight excluding hydrogens is 610 g/mol. The van der Waals surface area contributed by atoms with Crippen molar-refractivity contribution < 1.29 is 18.3 Å². The third-order valence-corrected chi connectivity index (χ3v) is 11.0. The molecule has 2 aromatic rings. The summed E-state index contributed by atoms with van der Waals surface area (Å²) in [5.41, 5.74) is 6.83. The zero-order valence-corrected chi connectivity index (χ0v) is 27.2. The maximum atomic E-state index is 16.7. The summed E-state index contributed by atoms with van der Waals surface area (Å²) in [6.45, 7) is 11.6. The molecule has 0 radical (unpaired) electrons. The molecule has 0 bridgehead atoms. The molecule has 3 fully saturated rings. The standard InChI is InChI=1S/C33H40F2N8O2S/c1-4-20-15-43(10-9-38-20)31-23-12-39-27(21-5-6-24(34)29-25(21)22(11-36)30(37)46-29)26(35)28(23)40-32(41-31)44-17-33(7-8-33)16-42-13-18(2)45-19(3)14-42/h5-6,12,18-20,25,29,38H,4,7-10,13-17,37H2,1-3H3/t18-,19+,20?,25?,29?. The number of hydrogen-bond donors (Lipinski definition) is 2. The summed E-state index contributed by atoms with van der Waals surface area (Å²) in [5, 5.41) is 13.4. The highest BCUT2D eigenvalue weighted by molar-refractivity contribution is 8.04. The maximum Gasteiger partial charge on any atom is 0.319 e. The van der Waals surface area contributed by atoms with E-state index >= 15 is 4.39 Å². The van der Waals surface area contributed by atoms with Crippen molar-refractivity contribution in [3.8, 4) is 12.1 Å². The lowest BCUT2D eigenvalue weighted by atomic mass is 9.83. The van der Waals surface area contributed by atoms with Gasteiger partial charge in [-0.25, -0.2) is 8.78 Å². The second kappa shape index (κ2) is 12.4. The Labute approximate surface area is 272 Å². The molecule has 46 heavy (non-hydrogen) atoms. The van der Waals surface area contributed by atoms with Crippen LogP contribution in [0.3, 0.4) is 0 Å². The van der Waals surface area contributed by atoms with Gasteiger partial charge in [-0.3, -0.25) is 9.88 Å². The molecule has 13 heteroatoms. The number of rotatable bonds is 8. The van der Waals surface area contributed by atoms with Gasteiger partial charge in [0.25, 0.3) is 0 Å². The number of piperazine rings is 1. The van der Waals surface area contributed by atoms with Crippen molar-refractivity contribution in [1.82, 2.24) is 25.2 Å². The highest BCUT2D eigenvalue weighted by Gasteiger charge is 2.46. The Morgan fingerprint density at radius 2 is 1.98 bits per heavy atom. The fourth-order valence-corrected chi connectivity index (χ4v) is 8.46. The van der Waals surface area contributed by atoms with Crippen LogP contribution in [0.2, 0.25) is 0 Å². The number of halogens is 2. The molecule has 3 N–H and O–H groups in total. The number of nitriles is 1. The minimum absolute atomic E-state index is 0.00199. The summed E-state index contributed by atoms with van der Waals surface area (Å²) < 4.78 is 43.8. The monoisotopic (exact) mass is 650 g/mol. The molecule has 10 nitrogen and oxygen atoms in total. The average Bonchev–Trinajstić information content (AvgIpc) is 3.71. The predicted octanol–water partition coefficient (Wildman–Crippen LogP) is 4.30. The predicted molar refractivity (Wildman–Crippen MR) is 174 cm³/mol. The smallest absolute Gasteiger partial charge is 0.319 e. The summed E-state index contributed by atoms with van der Waals surface area (Å²) in [7, 11) is 0. The van der Waals surface area contributed by atoms with Crippen LogP contribution in [0.15, 0.2) is 34.8 Å². The number of nitrogens with one attached hydrogen (secondary N) is 1. The summed E-state index contributed by atoms with van der Waals surface area (Å²) >= 11 is 1.08. The molecule has 3 unspecified atom stereocenters. The Hall–Kier alpha value is -3.31. The van der Waals surface area contributed by atoms with E-state index < -0.39 is 22.8 Å². The van der Waals surface area contributed by atoms with Crippen LogP contribution in [-0.4, -0.2) is 89.2 Å². The first kappa shape index (κ1) is 31.3. The number of anilines is 1. The van der Waals surface area contributed by atoms with E-state index in [9.17, 15) is 9.65 Å². The van der Waals surface area contributed by atoms with Crippen molar-refractivity contribution in [2.24, 2.45) is 17.1 Å². The first-order valence-electron chi connectivity index (χ1n) is 16.2. The quantitative estimate of drug-likeness (QED) is 0.425. The van der Waals surface area contributed by atoms with Gasteiger partial charge in [-0.1, -0.05) is 24.8 Å². The van der Waals surface area contributed by atoms with Crippen LogP contribution < -0.4 is 20.7 Å². The lowest BCUT2D eigenvalue weighted by Gasteiger charge is -2.37. The van der Waals surface area contributed by atoms with Gasteiger partial charge < -0.3 is 25.4 Å². The van der Waals surface area contributed by atoms with Gasteiger partial charge in [0.15, 0.2) is 5.82 Å². The topological polar surface area (TPSA) is 125 Å². The van der Waals surface area contributed by atoms with Crippen LogP contribution >= 0.6 is 11.8 Å². The molecule has 5 aliphatic rings. The third kappa shape index (κ3) is 5.85. The summed E-state index contributed by atoms with van der Waals surface area (Å²) in [4.78, 5) is 18.6. The van der Waals surface area contributed by atoms with Crippen LogP contribution in [0, 0.1) is 28.5 Å². The Bertz CT molecular complexity index is 1660. The van der Waals surface area contributed by atoms with E-state index in [4.69, 9.17) is 20.2 Å². The van der Waals surface area contributed by atoms with Gasteiger partial charge in [0, 0.05) is 62.8 Å². The third-order valence-electron chi connectivity index (χ3n) is 9.77. The molecule has 5 heterocycles. The number of morpholine rings is 1. The number of pyridine rings is 1. The van der Waals surface area contributed by atoms with Crippen molar-refractivity contribution in [1.29, 1.82) is 5.26 Å². The molecule has 244 valence electrons. The number of nitrogens with zero attached hydrogens (tertiary/aromatic N) is 6. The van der Waals surface area contributed by atoms with E-state index in [2.05, 4.69) is 51.9 Å². The number of fused-ring (bicyclic) bond motifs is 2. The molecule has 7 rings (SSSR count). The van der Waals surface area contributed by atoms with Gasteiger partial charge in [-0.15, -0.1) is 0 Å². The number of allylic oxidation sites excluding steroid dienone is 4. The molecule has 0 amide bonds. The maximum absolute atomic E-state index is 16.7. The molecule has 0 spiro atoms. The lowest BCUT2D eigenvalue weighted by molar-refractivity contribution is -0.0741. The minimum Gasteiger partial charge on any atom is -0.463 e. The average molecular weight is 651 g/mol. The molecule has 3 aliphatic heterocycles. The number of aromatic nitrogens is 3. The van der Waals surface area contributed by atoms with Crippen molar-refractivity contribution in [3.05, 3.63) is 46.3 Å². The summed E-state index contributed by atoms with van der Waals surface area (Å²) in [5.74, 6) is -1.22. The van der Waals surface area contributed by atoms with Crippen LogP contribution in [-0.2, 0) is 4.74 Å². The first-order valence-corrected chi connectivity index (χ1v) is 17.1. The highest BCUT2D eigenvalue weighted by Crippen LogP contribution is 2.51. The second-order valence-electron chi connectivity index (χ2n) is 13.3. The SMILES string of the molecule is CCC1CN(c2nc(OCC3(CN4C[C@@H](C)O[C@@H](C)C4)CC3)nc3c(F)c(C4=CC=C(F)C5SC(N)=C(C#N)C45)ncc23)CCN1. The van der Waals surface area contributed by atoms with Crippen LogP contribution in [0.5, 0.6) is 6.01 Å². The molecular formula is C33H40F2N8O2S. The van der Waals surface area contributed by atoms with E-state index in [1.807, 2.05) is 0 Å². The minimum atomic E-state index is -0.740. The van der Waals surface area contributed by atoms with Gasteiger partial charge >= 0.3 is 6.01 Å². The Balaban J connectivity index is 1.24. The number of thioether (sulfide) groups is 1. The Kier molecular flexibility index (Phi) is 8.42. The van der Waals surface area contributed by atoms with E-state index in [0.717, 1.165) is 57.2 Å². The lowest BCUT2D eigenvalue weighted by Crippen LogP contribution is -2.50. The van der Waals surface area contributed by atoms with Crippen molar-refractivity contribution in [2.75, 3.05) is 50.8 Å². The zero-order chi connectivity index (χ0) is 32.2. The van der Waals surface area contributed by atoms with E-state index in [1.165, 1.54) is 12.2 Å². The molecule has 0 aromatic carbocycles. The van der Waals surface area contributed by atoms with Crippen molar-refractivity contribution in [3.63, 3.8) is 0 Å². The molecule has 2 saturated heterocycles. The highest BCUT2D eigenvalue weighted by atomic mass is 32.2. The van der Waals surface area contributed by atoms with E-state index in [1.54, 1.807) is 6.20 Å². The summed E-state index contributed by atoms with van der Waals surface area (Å²) in [6.07, 6.45) is 7.79. The Morgan fingerprint density at radius 3 is 2.70 bits per heavy atom. The van der Waals surface area contributed by atoms with Crippen LogP contribution in [0.1, 0.15) is 45.7 Å². The Morgan fingerprint density at radius 1 is 1.20 bits per heavy atom. The molecule has 2 aliphatic carbocycles. The van der Waals surface area contributed by atoms with Crippen LogP contribution in [0.4, 0.5) is 14.6 Å². The van der Waals surface area contributed by atoms with Gasteiger partial charge in [-0.05, 0) is 44.8 Å². The number of ether oxygens (including phenoxy) is 2. The number of nitrogens with two attached hydrogens (primary N) is 1.